The van der Waals surface area contributed by atoms with Crippen molar-refractivity contribution in [3.8, 4) is 0 Å². The van der Waals surface area contributed by atoms with Gasteiger partial charge in [0.1, 0.15) is 0 Å². The van der Waals surface area contributed by atoms with E-state index in [9.17, 15) is 4.79 Å². The van der Waals surface area contributed by atoms with Gasteiger partial charge >= 0.3 is 5.97 Å². The standard InChI is InChI=1S/C11H10N2O2/c1-2-15-11(14)9-4-3-5-10-8(9)6-7-12-13-10/h3-7H,2H2,1H3. The zero-order chi connectivity index (χ0) is 10.7. The highest BCUT2D eigenvalue weighted by molar-refractivity contribution is 6.03. The van der Waals surface area contributed by atoms with Gasteiger partial charge in [-0.25, -0.2) is 4.79 Å². The maximum Gasteiger partial charge on any atom is 0.338 e. The molecule has 0 atom stereocenters. The second kappa shape index (κ2) is 4.04. The Labute approximate surface area is 86.9 Å². The van der Waals surface area contributed by atoms with E-state index in [1.54, 1.807) is 31.3 Å². The third-order valence-corrected chi connectivity index (χ3v) is 2.05. The van der Waals surface area contributed by atoms with Crippen molar-refractivity contribution in [1.29, 1.82) is 0 Å². The van der Waals surface area contributed by atoms with Gasteiger partial charge in [-0.3, -0.25) is 0 Å². The van der Waals surface area contributed by atoms with Gasteiger partial charge in [0, 0.05) is 5.39 Å². The Morgan fingerprint density at radius 3 is 3.07 bits per heavy atom. The van der Waals surface area contributed by atoms with Gasteiger partial charge in [-0.05, 0) is 25.1 Å². The zero-order valence-electron chi connectivity index (χ0n) is 8.30. The van der Waals surface area contributed by atoms with Crippen LogP contribution in [0.4, 0.5) is 0 Å². The van der Waals surface area contributed by atoms with Crippen LogP contribution >= 0.6 is 0 Å². The van der Waals surface area contributed by atoms with Crippen molar-refractivity contribution in [3.63, 3.8) is 0 Å². The minimum atomic E-state index is -0.323. The Kier molecular flexibility index (Phi) is 2.58. The summed E-state index contributed by atoms with van der Waals surface area (Å²) in [4.78, 5) is 11.6. The fourth-order valence-corrected chi connectivity index (χ4v) is 1.41. The molecule has 76 valence electrons. The van der Waals surface area contributed by atoms with Crippen LogP contribution in [-0.4, -0.2) is 22.8 Å². The van der Waals surface area contributed by atoms with Crippen molar-refractivity contribution in [1.82, 2.24) is 10.2 Å². The average Bonchev–Trinajstić information content (AvgIpc) is 2.28. The van der Waals surface area contributed by atoms with Crippen LogP contribution in [-0.2, 0) is 4.74 Å². The molecule has 0 bridgehead atoms. The molecule has 0 spiro atoms. The van der Waals surface area contributed by atoms with E-state index in [0.29, 0.717) is 17.7 Å². The maximum absolute atomic E-state index is 11.6. The number of ether oxygens (including phenoxy) is 1. The smallest absolute Gasteiger partial charge is 0.338 e. The molecule has 2 aromatic rings. The Balaban J connectivity index is 2.56. The molecule has 4 heteroatoms. The molecule has 0 fully saturated rings. The van der Waals surface area contributed by atoms with Crippen LogP contribution in [0.5, 0.6) is 0 Å². The lowest BCUT2D eigenvalue weighted by atomic mass is 10.1. The normalized spacial score (nSPS) is 10.2. The molecule has 0 aliphatic rings. The van der Waals surface area contributed by atoms with Crippen LogP contribution < -0.4 is 0 Å². The summed E-state index contributed by atoms with van der Waals surface area (Å²) in [5.41, 5.74) is 1.23. The van der Waals surface area contributed by atoms with Crippen molar-refractivity contribution in [2.24, 2.45) is 0 Å². The minimum Gasteiger partial charge on any atom is -0.462 e. The first kappa shape index (κ1) is 9.58. The molecule has 0 N–H and O–H groups in total. The lowest BCUT2D eigenvalue weighted by Gasteiger charge is -2.04. The van der Waals surface area contributed by atoms with Crippen molar-refractivity contribution in [2.75, 3.05) is 6.61 Å². The molecule has 0 unspecified atom stereocenters. The van der Waals surface area contributed by atoms with E-state index in [-0.39, 0.29) is 5.97 Å². The summed E-state index contributed by atoms with van der Waals surface area (Å²) < 4.78 is 4.95. The van der Waals surface area contributed by atoms with Crippen LogP contribution in [0.2, 0.25) is 0 Å². The number of carbonyl (C=O) groups is 1. The highest BCUT2D eigenvalue weighted by atomic mass is 16.5. The highest BCUT2D eigenvalue weighted by Crippen LogP contribution is 2.16. The fraction of sp³-hybridized carbons (Fsp3) is 0.182. The number of carbonyl (C=O) groups excluding carboxylic acids is 1. The number of hydrogen-bond donors (Lipinski definition) is 0. The molecule has 1 aromatic heterocycles. The fourth-order valence-electron chi connectivity index (χ4n) is 1.41. The number of hydrogen-bond acceptors (Lipinski definition) is 4. The second-order valence-electron chi connectivity index (χ2n) is 2.99. The van der Waals surface area contributed by atoms with E-state index >= 15 is 0 Å². The monoisotopic (exact) mass is 202 g/mol. The number of aromatic nitrogens is 2. The summed E-state index contributed by atoms with van der Waals surface area (Å²) in [7, 11) is 0. The summed E-state index contributed by atoms with van der Waals surface area (Å²) >= 11 is 0. The molecule has 0 amide bonds. The molecule has 1 aromatic carbocycles. The number of rotatable bonds is 2. The SMILES string of the molecule is CCOC(=O)c1cccc2nnccc12. The first-order valence-electron chi connectivity index (χ1n) is 4.70. The van der Waals surface area contributed by atoms with E-state index in [1.807, 2.05) is 6.07 Å². The van der Waals surface area contributed by atoms with Gasteiger partial charge in [-0.15, -0.1) is 0 Å². The first-order valence-corrected chi connectivity index (χ1v) is 4.70. The molecule has 1 heterocycles. The predicted molar refractivity (Wildman–Crippen MR) is 55.5 cm³/mol. The molecule has 2 rings (SSSR count). The van der Waals surface area contributed by atoms with Crippen LogP contribution in [0.25, 0.3) is 10.9 Å². The van der Waals surface area contributed by atoms with E-state index in [0.717, 1.165) is 5.39 Å². The Hall–Kier alpha value is -1.97. The van der Waals surface area contributed by atoms with Crippen molar-refractivity contribution >= 4 is 16.9 Å². The lowest BCUT2D eigenvalue weighted by Crippen LogP contribution is -2.05. The van der Waals surface area contributed by atoms with Crippen molar-refractivity contribution < 1.29 is 9.53 Å². The van der Waals surface area contributed by atoms with E-state index in [1.165, 1.54) is 0 Å². The van der Waals surface area contributed by atoms with Crippen LogP contribution in [0.3, 0.4) is 0 Å². The maximum atomic E-state index is 11.6. The van der Waals surface area contributed by atoms with Gasteiger partial charge in [0.05, 0.1) is 23.9 Å². The van der Waals surface area contributed by atoms with Crippen LogP contribution in [0.1, 0.15) is 17.3 Å². The third kappa shape index (κ3) is 1.79. The Bertz CT molecular complexity index is 491. The van der Waals surface area contributed by atoms with Gasteiger partial charge in [-0.2, -0.15) is 10.2 Å². The van der Waals surface area contributed by atoms with Gasteiger partial charge in [0.25, 0.3) is 0 Å². The average molecular weight is 202 g/mol. The first-order chi connectivity index (χ1) is 7.33. The molecule has 0 saturated heterocycles. The van der Waals surface area contributed by atoms with Gasteiger partial charge in [-0.1, -0.05) is 6.07 Å². The molecular formula is C11H10N2O2. The number of fused-ring (bicyclic) bond motifs is 1. The molecule has 4 nitrogen and oxygen atoms in total. The summed E-state index contributed by atoms with van der Waals surface area (Å²) in [6.45, 7) is 2.15. The van der Waals surface area contributed by atoms with Crippen molar-refractivity contribution in [3.05, 3.63) is 36.0 Å². The predicted octanol–water partition coefficient (Wildman–Crippen LogP) is 1.81. The molecule has 15 heavy (non-hydrogen) atoms. The number of esters is 1. The largest absolute Gasteiger partial charge is 0.462 e. The van der Waals surface area contributed by atoms with Gasteiger partial charge < -0.3 is 4.74 Å². The summed E-state index contributed by atoms with van der Waals surface area (Å²) in [6.07, 6.45) is 1.56. The Morgan fingerprint density at radius 2 is 2.27 bits per heavy atom. The van der Waals surface area contributed by atoms with Crippen LogP contribution in [0.15, 0.2) is 30.5 Å². The minimum absolute atomic E-state index is 0.323. The van der Waals surface area contributed by atoms with Crippen LogP contribution in [0, 0.1) is 0 Å². The topological polar surface area (TPSA) is 52.1 Å². The third-order valence-electron chi connectivity index (χ3n) is 2.05. The van der Waals surface area contributed by atoms with E-state index in [4.69, 9.17) is 4.74 Å². The quantitative estimate of drug-likeness (QED) is 0.697. The summed E-state index contributed by atoms with van der Waals surface area (Å²) in [5.74, 6) is -0.323. The Morgan fingerprint density at radius 1 is 1.40 bits per heavy atom. The molecular weight excluding hydrogens is 192 g/mol. The zero-order valence-corrected chi connectivity index (χ0v) is 8.30. The van der Waals surface area contributed by atoms with Gasteiger partial charge in [0.2, 0.25) is 0 Å². The summed E-state index contributed by atoms with van der Waals surface area (Å²) in [6, 6.07) is 7.06. The van der Waals surface area contributed by atoms with Crippen molar-refractivity contribution in [2.45, 2.75) is 6.92 Å². The molecule has 0 aliphatic heterocycles. The van der Waals surface area contributed by atoms with Gasteiger partial charge in [0.15, 0.2) is 0 Å². The van der Waals surface area contributed by atoms with E-state index < -0.39 is 0 Å². The lowest BCUT2D eigenvalue weighted by molar-refractivity contribution is 0.0528. The molecule has 0 aliphatic carbocycles. The second-order valence-corrected chi connectivity index (χ2v) is 2.99. The number of benzene rings is 1. The van der Waals surface area contributed by atoms with E-state index in [2.05, 4.69) is 10.2 Å². The number of nitrogens with zero attached hydrogens (tertiary/aromatic N) is 2. The molecule has 0 radical (unpaired) electrons. The molecule has 0 saturated carbocycles. The summed E-state index contributed by atoms with van der Waals surface area (Å²) in [5, 5.41) is 8.45. The highest BCUT2D eigenvalue weighted by Gasteiger charge is 2.10.